The second-order valence-electron chi connectivity index (χ2n) is 7.61. The molecule has 0 unspecified atom stereocenters. The Kier molecular flexibility index (Phi) is 5.61. The van der Waals surface area contributed by atoms with E-state index in [0.717, 1.165) is 24.5 Å². The topological polar surface area (TPSA) is 21.1 Å². The van der Waals surface area contributed by atoms with Crippen LogP contribution in [0.3, 0.4) is 0 Å². The summed E-state index contributed by atoms with van der Waals surface area (Å²) in [5.74, 6) is 0. The van der Waals surface area contributed by atoms with Gasteiger partial charge < -0.3 is 0 Å². The second-order valence-corrected chi connectivity index (χ2v) is 9.54. The van der Waals surface area contributed by atoms with Gasteiger partial charge in [-0.1, -0.05) is 43.2 Å². The zero-order chi connectivity index (χ0) is 19.5. The molecule has 29 heavy (non-hydrogen) atoms. The molecule has 3 aromatic heterocycles. The SMILES string of the molecule is c1ccc(-n2cc(CN3CCCCC[C@H]3c3cccs3)c(-c3cccs3)n2)cc1. The van der Waals surface area contributed by atoms with Crippen LogP contribution in [0.1, 0.15) is 42.2 Å². The molecule has 1 aromatic carbocycles. The van der Waals surface area contributed by atoms with Crippen molar-refractivity contribution in [1.82, 2.24) is 14.7 Å². The Hall–Kier alpha value is -2.21. The Labute approximate surface area is 180 Å². The standard InChI is InChI=1S/C24H25N3S2/c1-3-9-20(10-4-1)27-18-19(24(25-27)23-13-8-16-29-23)17-26-14-6-2-5-11-21(26)22-12-7-15-28-22/h1,3-4,7-10,12-13,15-16,18,21H,2,5-6,11,14,17H2/t21-/m0/s1. The predicted molar refractivity (Wildman–Crippen MR) is 123 cm³/mol. The van der Waals surface area contributed by atoms with E-state index in [2.05, 4.69) is 76.5 Å². The number of para-hydroxylation sites is 1. The van der Waals surface area contributed by atoms with Crippen molar-refractivity contribution in [2.24, 2.45) is 0 Å². The lowest BCUT2D eigenvalue weighted by molar-refractivity contribution is 0.195. The van der Waals surface area contributed by atoms with E-state index >= 15 is 0 Å². The molecule has 148 valence electrons. The number of rotatable bonds is 5. The molecule has 4 aromatic rings. The fourth-order valence-corrected chi connectivity index (χ4v) is 5.88. The predicted octanol–water partition coefficient (Wildman–Crippen LogP) is 6.78. The quantitative estimate of drug-likeness (QED) is 0.355. The fourth-order valence-electron chi connectivity index (χ4n) is 4.24. The Bertz CT molecular complexity index is 1020. The summed E-state index contributed by atoms with van der Waals surface area (Å²) >= 11 is 3.67. The first kappa shape index (κ1) is 18.8. The summed E-state index contributed by atoms with van der Waals surface area (Å²) in [7, 11) is 0. The molecular weight excluding hydrogens is 394 g/mol. The zero-order valence-corrected chi connectivity index (χ0v) is 18.0. The largest absolute Gasteiger partial charge is 0.291 e. The molecule has 0 radical (unpaired) electrons. The molecule has 5 heteroatoms. The van der Waals surface area contributed by atoms with Gasteiger partial charge in [0.1, 0.15) is 5.69 Å². The minimum Gasteiger partial charge on any atom is -0.291 e. The molecular formula is C24H25N3S2. The molecule has 5 rings (SSSR count). The number of nitrogens with zero attached hydrogens (tertiary/aromatic N) is 3. The first-order valence-electron chi connectivity index (χ1n) is 10.3. The molecule has 1 saturated heterocycles. The van der Waals surface area contributed by atoms with Crippen LogP contribution in [0.25, 0.3) is 16.3 Å². The third-order valence-electron chi connectivity index (χ3n) is 5.67. The molecule has 0 amide bonds. The number of likely N-dealkylation sites (tertiary alicyclic amines) is 1. The van der Waals surface area contributed by atoms with Crippen LogP contribution in [0.15, 0.2) is 71.6 Å². The van der Waals surface area contributed by atoms with Gasteiger partial charge in [-0.05, 0) is 54.4 Å². The van der Waals surface area contributed by atoms with E-state index in [4.69, 9.17) is 5.10 Å². The molecule has 1 aliphatic rings. The Morgan fingerprint density at radius 2 is 1.76 bits per heavy atom. The maximum Gasteiger partial charge on any atom is 0.107 e. The van der Waals surface area contributed by atoms with Gasteiger partial charge in [0.2, 0.25) is 0 Å². The summed E-state index contributed by atoms with van der Waals surface area (Å²) in [6.45, 7) is 2.10. The van der Waals surface area contributed by atoms with E-state index < -0.39 is 0 Å². The van der Waals surface area contributed by atoms with Crippen LogP contribution < -0.4 is 0 Å². The van der Waals surface area contributed by atoms with Gasteiger partial charge in [0, 0.05) is 29.2 Å². The summed E-state index contributed by atoms with van der Waals surface area (Å²) in [6, 6.07) is 19.8. The normalized spacial score (nSPS) is 18.0. The first-order chi connectivity index (χ1) is 14.4. The van der Waals surface area contributed by atoms with Crippen LogP contribution >= 0.6 is 22.7 Å². The van der Waals surface area contributed by atoms with Crippen molar-refractivity contribution >= 4 is 22.7 Å². The summed E-state index contributed by atoms with van der Waals surface area (Å²) in [5, 5.41) is 9.35. The highest BCUT2D eigenvalue weighted by Crippen LogP contribution is 2.36. The van der Waals surface area contributed by atoms with Crippen LogP contribution in [0.5, 0.6) is 0 Å². The van der Waals surface area contributed by atoms with Gasteiger partial charge >= 0.3 is 0 Å². The Morgan fingerprint density at radius 1 is 0.897 bits per heavy atom. The van der Waals surface area contributed by atoms with E-state index in [1.54, 1.807) is 11.3 Å². The lowest BCUT2D eigenvalue weighted by atomic mass is 10.1. The van der Waals surface area contributed by atoms with Crippen molar-refractivity contribution in [1.29, 1.82) is 0 Å². The molecule has 0 N–H and O–H groups in total. The first-order valence-corrected chi connectivity index (χ1v) is 12.1. The average molecular weight is 420 g/mol. The van der Waals surface area contributed by atoms with Crippen molar-refractivity contribution in [3.63, 3.8) is 0 Å². The van der Waals surface area contributed by atoms with Crippen molar-refractivity contribution < 1.29 is 0 Å². The van der Waals surface area contributed by atoms with E-state index in [9.17, 15) is 0 Å². The molecule has 1 aliphatic heterocycles. The monoisotopic (exact) mass is 419 g/mol. The molecule has 3 nitrogen and oxygen atoms in total. The molecule has 1 fully saturated rings. The van der Waals surface area contributed by atoms with Crippen LogP contribution in [-0.4, -0.2) is 21.2 Å². The number of thiophene rings is 2. The van der Waals surface area contributed by atoms with Gasteiger partial charge in [-0.15, -0.1) is 22.7 Å². The van der Waals surface area contributed by atoms with Gasteiger partial charge in [0.25, 0.3) is 0 Å². The summed E-state index contributed by atoms with van der Waals surface area (Å²) in [5.41, 5.74) is 3.56. The molecule has 0 aliphatic carbocycles. The number of aromatic nitrogens is 2. The highest BCUT2D eigenvalue weighted by atomic mass is 32.1. The lowest BCUT2D eigenvalue weighted by Gasteiger charge is -2.29. The maximum absolute atomic E-state index is 5.00. The van der Waals surface area contributed by atoms with Gasteiger partial charge in [-0.2, -0.15) is 5.10 Å². The Balaban J connectivity index is 1.51. The van der Waals surface area contributed by atoms with Crippen molar-refractivity contribution in [2.75, 3.05) is 6.54 Å². The lowest BCUT2D eigenvalue weighted by Crippen LogP contribution is -2.27. The molecule has 0 saturated carbocycles. The molecule has 0 bridgehead atoms. The molecule has 4 heterocycles. The van der Waals surface area contributed by atoms with Crippen LogP contribution in [0.4, 0.5) is 0 Å². The van der Waals surface area contributed by atoms with Gasteiger partial charge in [-0.3, -0.25) is 4.90 Å². The second kappa shape index (κ2) is 8.66. The van der Waals surface area contributed by atoms with Crippen LogP contribution in [0.2, 0.25) is 0 Å². The smallest absolute Gasteiger partial charge is 0.107 e. The van der Waals surface area contributed by atoms with Gasteiger partial charge in [-0.25, -0.2) is 4.68 Å². The zero-order valence-electron chi connectivity index (χ0n) is 16.4. The third kappa shape index (κ3) is 4.08. The summed E-state index contributed by atoms with van der Waals surface area (Å²) in [4.78, 5) is 5.43. The van der Waals surface area contributed by atoms with E-state index in [0.29, 0.717) is 6.04 Å². The third-order valence-corrected chi connectivity index (χ3v) is 7.52. The van der Waals surface area contributed by atoms with Crippen molar-refractivity contribution in [3.8, 4) is 16.3 Å². The summed E-state index contributed by atoms with van der Waals surface area (Å²) in [6.07, 6.45) is 7.42. The minimum atomic E-state index is 0.522. The Morgan fingerprint density at radius 3 is 2.55 bits per heavy atom. The highest BCUT2D eigenvalue weighted by molar-refractivity contribution is 7.13. The van der Waals surface area contributed by atoms with Gasteiger partial charge in [0.05, 0.1) is 10.6 Å². The van der Waals surface area contributed by atoms with E-state index in [-0.39, 0.29) is 0 Å². The van der Waals surface area contributed by atoms with E-state index in [1.807, 2.05) is 16.0 Å². The highest BCUT2D eigenvalue weighted by Gasteiger charge is 2.25. The van der Waals surface area contributed by atoms with Crippen molar-refractivity contribution in [2.45, 2.75) is 38.3 Å². The summed E-state index contributed by atoms with van der Waals surface area (Å²) < 4.78 is 2.04. The van der Waals surface area contributed by atoms with Crippen molar-refractivity contribution in [3.05, 3.63) is 82.0 Å². The van der Waals surface area contributed by atoms with Crippen LogP contribution in [0, 0.1) is 0 Å². The van der Waals surface area contributed by atoms with Gasteiger partial charge in [0.15, 0.2) is 0 Å². The van der Waals surface area contributed by atoms with E-state index in [1.165, 1.54) is 41.0 Å². The number of hydrogen-bond acceptors (Lipinski definition) is 4. The number of benzene rings is 1. The fraction of sp³-hybridized carbons (Fsp3) is 0.292. The molecule has 0 spiro atoms. The minimum absolute atomic E-state index is 0.522. The maximum atomic E-state index is 5.00. The number of hydrogen-bond donors (Lipinski definition) is 0. The molecule has 1 atom stereocenters. The average Bonchev–Trinajstić information content (AvgIpc) is 3.50. The van der Waals surface area contributed by atoms with Crippen LogP contribution in [-0.2, 0) is 6.54 Å².